The van der Waals surface area contributed by atoms with Gasteiger partial charge in [-0.3, -0.25) is 4.90 Å². The Balaban J connectivity index is 2.27. The van der Waals surface area contributed by atoms with Crippen LogP contribution < -0.4 is 0 Å². The van der Waals surface area contributed by atoms with E-state index in [1.807, 2.05) is 13.8 Å². The fourth-order valence-electron chi connectivity index (χ4n) is 3.10. The molecule has 2 aliphatic heterocycles. The van der Waals surface area contributed by atoms with Crippen LogP contribution in [0.5, 0.6) is 0 Å². The van der Waals surface area contributed by atoms with E-state index in [9.17, 15) is 17.6 Å². The zero-order valence-electron chi connectivity index (χ0n) is 10.0. The first kappa shape index (κ1) is 12.9. The molecule has 2 atom stereocenters. The predicted molar refractivity (Wildman–Crippen MR) is 57.4 cm³/mol. The number of alkyl halides is 4. The molecule has 1 nitrogen and oxygen atoms in total. The SMILES string of the molecule is CC(C)C[C@@]12C=C(C(F)(F)F)CN1C[C@H](F)C2. The summed E-state index contributed by atoms with van der Waals surface area (Å²) in [4.78, 5) is 1.65. The first-order chi connectivity index (χ1) is 7.73. The average Bonchev–Trinajstić information content (AvgIpc) is 2.53. The maximum Gasteiger partial charge on any atom is 0.413 e. The van der Waals surface area contributed by atoms with Crippen LogP contribution in [0.2, 0.25) is 0 Å². The molecule has 2 heterocycles. The Morgan fingerprint density at radius 2 is 2.12 bits per heavy atom. The normalized spacial score (nSPS) is 34.3. The molecule has 1 fully saturated rings. The Kier molecular flexibility index (Phi) is 3.00. The lowest BCUT2D eigenvalue weighted by molar-refractivity contribution is -0.0936. The molecular weight excluding hydrogens is 234 g/mol. The van der Waals surface area contributed by atoms with E-state index < -0.39 is 23.5 Å². The second kappa shape index (κ2) is 3.97. The van der Waals surface area contributed by atoms with E-state index in [4.69, 9.17) is 0 Å². The van der Waals surface area contributed by atoms with E-state index in [1.165, 1.54) is 6.08 Å². The lowest BCUT2D eigenvalue weighted by Gasteiger charge is -2.32. The molecule has 5 heteroatoms. The predicted octanol–water partition coefficient (Wildman–Crippen LogP) is 3.32. The standard InChI is InChI=1S/C12H17F4N/c1-8(2)3-11-4-9(12(14,15)16)6-17(11)7-10(13)5-11/h4,8,10H,3,5-7H2,1-2H3/t10-,11+/m1/s1. The smallest absolute Gasteiger partial charge is 0.287 e. The van der Waals surface area contributed by atoms with Gasteiger partial charge in [-0.1, -0.05) is 19.9 Å². The molecule has 0 aromatic rings. The van der Waals surface area contributed by atoms with E-state index in [1.54, 1.807) is 4.90 Å². The van der Waals surface area contributed by atoms with Crippen molar-refractivity contribution in [2.75, 3.05) is 13.1 Å². The van der Waals surface area contributed by atoms with Gasteiger partial charge in [0.25, 0.3) is 0 Å². The van der Waals surface area contributed by atoms with Crippen LogP contribution in [-0.4, -0.2) is 35.9 Å². The Labute approximate surface area is 98.5 Å². The van der Waals surface area contributed by atoms with Gasteiger partial charge in [0.05, 0.1) is 0 Å². The zero-order chi connectivity index (χ0) is 12.8. The molecule has 0 radical (unpaired) electrons. The summed E-state index contributed by atoms with van der Waals surface area (Å²) < 4.78 is 51.5. The van der Waals surface area contributed by atoms with Crippen LogP contribution in [0.1, 0.15) is 26.7 Å². The number of rotatable bonds is 2. The highest BCUT2D eigenvalue weighted by atomic mass is 19.4. The van der Waals surface area contributed by atoms with Crippen molar-refractivity contribution in [3.05, 3.63) is 11.6 Å². The number of hydrogen-bond donors (Lipinski definition) is 0. The van der Waals surface area contributed by atoms with Gasteiger partial charge >= 0.3 is 6.18 Å². The first-order valence-corrected chi connectivity index (χ1v) is 5.91. The molecule has 2 rings (SSSR count). The molecule has 98 valence electrons. The Morgan fingerprint density at radius 1 is 1.47 bits per heavy atom. The molecule has 0 spiro atoms. The monoisotopic (exact) mass is 251 g/mol. The van der Waals surface area contributed by atoms with Gasteiger partial charge in [0.1, 0.15) is 6.17 Å². The summed E-state index contributed by atoms with van der Waals surface area (Å²) in [6, 6.07) is 0. The Hall–Kier alpha value is -0.580. The third kappa shape index (κ3) is 2.34. The molecule has 0 unspecified atom stereocenters. The van der Waals surface area contributed by atoms with Crippen molar-refractivity contribution in [2.24, 2.45) is 5.92 Å². The zero-order valence-corrected chi connectivity index (χ0v) is 10.0. The molecule has 0 aliphatic carbocycles. The maximum absolute atomic E-state index is 13.4. The van der Waals surface area contributed by atoms with Gasteiger partial charge in [0.15, 0.2) is 0 Å². The van der Waals surface area contributed by atoms with E-state index in [2.05, 4.69) is 0 Å². The third-order valence-corrected chi connectivity index (χ3v) is 3.55. The molecule has 2 aliphatic rings. The van der Waals surface area contributed by atoms with Crippen LogP contribution >= 0.6 is 0 Å². The number of nitrogens with zero attached hydrogens (tertiary/aromatic N) is 1. The van der Waals surface area contributed by atoms with Crippen molar-refractivity contribution in [2.45, 2.75) is 44.6 Å². The second-order valence-corrected chi connectivity index (χ2v) is 5.55. The summed E-state index contributed by atoms with van der Waals surface area (Å²) in [6.45, 7) is 3.88. The second-order valence-electron chi connectivity index (χ2n) is 5.55. The van der Waals surface area contributed by atoms with Crippen molar-refractivity contribution >= 4 is 0 Å². The quantitative estimate of drug-likeness (QED) is 0.537. The van der Waals surface area contributed by atoms with Crippen molar-refractivity contribution in [1.29, 1.82) is 0 Å². The van der Waals surface area contributed by atoms with Gasteiger partial charge in [-0.05, 0) is 12.3 Å². The van der Waals surface area contributed by atoms with Crippen LogP contribution in [0, 0.1) is 5.92 Å². The first-order valence-electron chi connectivity index (χ1n) is 5.91. The highest BCUT2D eigenvalue weighted by molar-refractivity contribution is 5.29. The molecule has 1 saturated heterocycles. The minimum Gasteiger partial charge on any atom is -0.287 e. The van der Waals surface area contributed by atoms with E-state index in [0.717, 1.165) is 0 Å². The largest absolute Gasteiger partial charge is 0.413 e. The Morgan fingerprint density at radius 3 is 2.65 bits per heavy atom. The van der Waals surface area contributed by atoms with Crippen LogP contribution in [0.4, 0.5) is 17.6 Å². The molecule has 0 saturated carbocycles. The minimum atomic E-state index is -4.28. The van der Waals surface area contributed by atoms with Gasteiger partial charge < -0.3 is 0 Å². The highest BCUT2D eigenvalue weighted by Gasteiger charge is 2.52. The number of hydrogen-bond acceptors (Lipinski definition) is 1. The van der Waals surface area contributed by atoms with E-state index in [0.29, 0.717) is 6.42 Å². The van der Waals surface area contributed by atoms with E-state index >= 15 is 0 Å². The van der Waals surface area contributed by atoms with Crippen LogP contribution in [0.3, 0.4) is 0 Å². The maximum atomic E-state index is 13.4. The molecule has 0 bridgehead atoms. The Bertz CT molecular complexity index is 334. The summed E-state index contributed by atoms with van der Waals surface area (Å²) >= 11 is 0. The number of fused-ring (bicyclic) bond motifs is 1. The molecule has 0 amide bonds. The topological polar surface area (TPSA) is 3.24 Å². The molecular formula is C12H17F4N. The van der Waals surface area contributed by atoms with Gasteiger partial charge in [0, 0.05) is 30.6 Å². The minimum absolute atomic E-state index is 0.128. The van der Waals surface area contributed by atoms with Crippen molar-refractivity contribution in [1.82, 2.24) is 4.90 Å². The lowest BCUT2D eigenvalue weighted by Crippen LogP contribution is -2.39. The van der Waals surface area contributed by atoms with Crippen LogP contribution in [0.15, 0.2) is 11.6 Å². The molecule has 0 aromatic heterocycles. The lowest BCUT2D eigenvalue weighted by atomic mass is 9.87. The highest BCUT2D eigenvalue weighted by Crippen LogP contribution is 2.45. The molecule has 17 heavy (non-hydrogen) atoms. The van der Waals surface area contributed by atoms with Crippen molar-refractivity contribution in [3.8, 4) is 0 Å². The third-order valence-electron chi connectivity index (χ3n) is 3.55. The summed E-state index contributed by atoms with van der Waals surface area (Å²) in [5, 5.41) is 0. The summed E-state index contributed by atoms with van der Waals surface area (Å²) in [6.07, 6.45) is -3.22. The van der Waals surface area contributed by atoms with Crippen molar-refractivity contribution in [3.63, 3.8) is 0 Å². The van der Waals surface area contributed by atoms with Gasteiger partial charge in [0.2, 0.25) is 0 Å². The van der Waals surface area contributed by atoms with Gasteiger partial charge in [-0.15, -0.1) is 0 Å². The average molecular weight is 251 g/mol. The molecule has 0 aromatic carbocycles. The van der Waals surface area contributed by atoms with Crippen molar-refractivity contribution < 1.29 is 17.6 Å². The van der Waals surface area contributed by atoms with E-state index in [-0.39, 0.29) is 25.4 Å². The molecule has 0 N–H and O–H groups in total. The summed E-state index contributed by atoms with van der Waals surface area (Å²) in [5.41, 5.74) is -1.21. The van der Waals surface area contributed by atoms with Crippen LogP contribution in [0.25, 0.3) is 0 Å². The van der Waals surface area contributed by atoms with Crippen LogP contribution in [-0.2, 0) is 0 Å². The number of halogens is 4. The fraction of sp³-hybridized carbons (Fsp3) is 0.833. The summed E-state index contributed by atoms with van der Waals surface area (Å²) in [5.74, 6) is 0.256. The van der Waals surface area contributed by atoms with Gasteiger partial charge in [-0.2, -0.15) is 13.2 Å². The fourth-order valence-corrected chi connectivity index (χ4v) is 3.10. The van der Waals surface area contributed by atoms with Gasteiger partial charge in [-0.25, -0.2) is 4.39 Å². The summed E-state index contributed by atoms with van der Waals surface area (Å²) in [7, 11) is 0.